The van der Waals surface area contributed by atoms with Crippen molar-refractivity contribution in [3.05, 3.63) is 59.7 Å². The molecule has 2 aromatic carbocycles. The summed E-state index contributed by atoms with van der Waals surface area (Å²) in [4.78, 5) is 39.0. The van der Waals surface area contributed by atoms with Gasteiger partial charge in [0.15, 0.2) is 23.9 Å². The molecule has 7 nitrogen and oxygen atoms in total. The van der Waals surface area contributed by atoms with Gasteiger partial charge in [0.1, 0.15) is 0 Å². The number of hydrogen-bond acceptors (Lipinski definition) is 6. The number of carbonyl (C=O) groups is 3. The van der Waals surface area contributed by atoms with Gasteiger partial charge in [0.05, 0.1) is 26.2 Å². The quantitative estimate of drug-likeness (QED) is 0.491. The second-order valence-electron chi connectivity index (χ2n) is 7.13. The van der Waals surface area contributed by atoms with Gasteiger partial charge in [0.2, 0.25) is 5.91 Å². The number of Topliss-reactive ketones (excluding diaryl/α,β-unsaturated/α-hetero) is 1. The molecule has 1 aliphatic heterocycles. The van der Waals surface area contributed by atoms with Crippen LogP contribution in [0.5, 0.6) is 11.5 Å². The summed E-state index contributed by atoms with van der Waals surface area (Å²) in [5.41, 5.74) is 1.35. The summed E-state index contributed by atoms with van der Waals surface area (Å²) < 4.78 is 15.6. The molecular formula is C23H25NO6. The number of rotatable bonds is 8. The lowest BCUT2D eigenvalue weighted by atomic mass is 10.1. The van der Waals surface area contributed by atoms with Crippen molar-refractivity contribution in [1.82, 2.24) is 4.90 Å². The third-order valence-electron chi connectivity index (χ3n) is 5.29. The van der Waals surface area contributed by atoms with Crippen molar-refractivity contribution in [1.29, 1.82) is 0 Å². The zero-order valence-corrected chi connectivity index (χ0v) is 17.3. The maximum Gasteiger partial charge on any atom is 0.311 e. The Morgan fingerprint density at radius 3 is 2.43 bits per heavy atom. The highest BCUT2D eigenvalue weighted by molar-refractivity contribution is 5.99. The highest BCUT2D eigenvalue weighted by Crippen LogP contribution is 2.30. The number of carbonyl (C=O) groups excluding carboxylic acids is 3. The fourth-order valence-electron chi connectivity index (χ4n) is 3.52. The Balaban J connectivity index is 1.58. The van der Waals surface area contributed by atoms with Crippen molar-refractivity contribution in [2.45, 2.75) is 19.4 Å². The summed E-state index contributed by atoms with van der Waals surface area (Å²) >= 11 is 0. The average Bonchev–Trinajstić information content (AvgIpc) is 3.18. The number of ketones is 1. The van der Waals surface area contributed by atoms with E-state index in [1.54, 1.807) is 17.0 Å². The molecule has 0 bridgehead atoms. The van der Waals surface area contributed by atoms with Crippen LogP contribution < -0.4 is 9.47 Å². The molecule has 1 heterocycles. The highest BCUT2D eigenvalue weighted by atomic mass is 16.5. The first kappa shape index (κ1) is 21.4. The Labute approximate surface area is 175 Å². The SMILES string of the molecule is COc1ccc(C(=O)COC(=O)[C@H]2CC(=O)N([C@H](C)c3ccccc3)C2)cc1OC. The Hall–Kier alpha value is -3.35. The van der Waals surface area contributed by atoms with Gasteiger partial charge in [-0.2, -0.15) is 0 Å². The molecule has 0 N–H and O–H groups in total. The Bertz CT molecular complexity index is 927. The van der Waals surface area contributed by atoms with E-state index in [0.29, 0.717) is 17.1 Å². The molecule has 158 valence electrons. The van der Waals surface area contributed by atoms with Gasteiger partial charge in [-0.05, 0) is 30.7 Å². The minimum Gasteiger partial charge on any atom is -0.493 e. The predicted molar refractivity (Wildman–Crippen MR) is 110 cm³/mol. The van der Waals surface area contributed by atoms with E-state index in [1.807, 2.05) is 37.3 Å². The number of hydrogen-bond donors (Lipinski definition) is 0. The molecule has 0 spiro atoms. The Kier molecular flexibility index (Phi) is 6.72. The molecule has 1 aliphatic rings. The lowest BCUT2D eigenvalue weighted by Gasteiger charge is -2.25. The van der Waals surface area contributed by atoms with Crippen LogP contribution in [0.25, 0.3) is 0 Å². The standard InChI is InChI=1S/C23H25NO6/c1-15(16-7-5-4-6-8-16)24-13-18(12-22(24)26)23(27)30-14-19(25)17-9-10-20(28-2)21(11-17)29-3/h4-11,15,18H,12-14H2,1-3H3/t15-,18+/m1/s1. The van der Waals surface area contributed by atoms with Gasteiger partial charge < -0.3 is 19.1 Å². The molecule has 2 aromatic rings. The van der Waals surface area contributed by atoms with E-state index in [2.05, 4.69) is 0 Å². The van der Waals surface area contributed by atoms with Crippen molar-refractivity contribution in [3.63, 3.8) is 0 Å². The topological polar surface area (TPSA) is 82.1 Å². The van der Waals surface area contributed by atoms with Crippen molar-refractivity contribution < 1.29 is 28.6 Å². The second-order valence-corrected chi connectivity index (χ2v) is 7.13. The normalized spacial score (nSPS) is 16.8. The fourth-order valence-corrected chi connectivity index (χ4v) is 3.52. The Morgan fingerprint density at radius 1 is 1.07 bits per heavy atom. The first-order valence-corrected chi connectivity index (χ1v) is 9.70. The number of benzene rings is 2. The van der Waals surface area contributed by atoms with Gasteiger partial charge >= 0.3 is 5.97 Å². The monoisotopic (exact) mass is 411 g/mol. The highest BCUT2D eigenvalue weighted by Gasteiger charge is 2.38. The van der Waals surface area contributed by atoms with E-state index in [-0.39, 0.29) is 30.7 Å². The van der Waals surface area contributed by atoms with E-state index in [0.717, 1.165) is 5.56 Å². The summed E-state index contributed by atoms with van der Waals surface area (Å²) in [5.74, 6) is -0.658. The molecular weight excluding hydrogens is 386 g/mol. The molecule has 0 saturated carbocycles. The maximum absolute atomic E-state index is 12.5. The van der Waals surface area contributed by atoms with Crippen LogP contribution in [0, 0.1) is 5.92 Å². The summed E-state index contributed by atoms with van der Waals surface area (Å²) in [5, 5.41) is 0. The second kappa shape index (κ2) is 9.43. The van der Waals surface area contributed by atoms with Crippen molar-refractivity contribution >= 4 is 17.7 Å². The van der Waals surface area contributed by atoms with E-state index < -0.39 is 18.5 Å². The van der Waals surface area contributed by atoms with Gasteiger partial charge in [-0.15, -0.1) is 0 Å². The summed E-state index contributed by atoms with van der Waals surface area (Å²) in [6.45, 7) is 1.81. The van der Waals surface area contributed by atoms with E-state index in [1.165, 1.54) is 20.3 Å². The molecule has 1 amide bonds. The number of amides is 1. The molecule has 1 saturated heterocycles. The van der Waals surface area contributed by atoms with E-state index >= 15 is 0 Å². The largest absolute Gasteiger partial charge is 0.493 e. The molecule has 0 unspecified atom stereocenters. The lowest BCUT2D eigenvalue weighted by Crippen LogP contribution is -2.30. The van der Waals surface area contributed by atoms with Crippen LogP contribution in [0.15, 0.2) is 48.5 Å². The molecule has 0 aliphatic carbocycles. The van der Waals surface area contributed by atoms with Crippen LogP contribution in [0.2, 0.25) is 0 Å². The van der Waals surface area contributed by atoms with Crippen LogP contribution >= 0.6 is 0 Å². The molecule has 3 rings (SSSR count). The van der Waals surface area contributed by atoms with Gasteiger partial charge in [-0.3, -0.25) is 14.4 Å². The van der Waals surface area contributed by atoms with Crippen LogP contribution in [0.1, 0.15) is 35.3 Å². The average molecular weight is 411 g/mol. The first-order chi connectivity index (χ1) is 14.4. The van der Waals surface area contributed by atoms with Gasteiger partial charge in [0, 0.05) is 18.5 Å². The molecule has 0 aromatic heterocycles. The molecule has 7 heteroatoms. The zero-order chi connectivity index (χ0) is 21.7. The molecule has 30 heavy (non-hydrogen) atoms. The van der Waals surface area contributed by atoms with Gasteiger partial charge in [0.25, 0.3) is 0 Å². The zero-order valence-electron chi connectivity index (χ0n) is 17.3. The van der Waals surface area contributed by atoms with Gasteiger partial charge in [-0.1, -0.05) is 30.3 Å². The smallest absolute Gasteiger partial charge is 0.311 e. The minimum atomic E-state index is -0.582. The third-order valence-corrected chi connectivity index (χ3v) is 5.29. The minimum absolute atomic E-state index is 0.0839. The van der Waals surface area contributed by atoms with E-state index in [4.69, 9.17) is 14.2 Å². The predicted octanol–water partition coefficient (Wildman–Crippen LogP) is 3.04. The third kappa shape index (κ3) is 4.62. The van der Waals surface area contributed by atoms with Crippen LogP contribution in [-0.2, 0) is 14.3 Å². The van der Waals surface area contributed by atoms with Crippen molar-refractivity contribution in [2.24, 2.45) is 5.92 Å². The lowest BCUT2D eigenvalue weighted by molar-refractivity contribution is -0.147. The van der Waals surface area contributed by atoms with Crippen molar-refractivity contribution in [2.75, 3.05) is 27.4 Å². The molecule has 1 fully saturated rings. The summed E-state index contributed by atoms with van der Waals surface area (Å²) in [7, 11) is 2.98. The van der Waals surface area contributed by atoms with Crippen LogP contribution in [0.3, 0.4) is 0 Å². The first-order valence-electron chi connectivity index (χ1n) is 9.70. The number of methoxy groups -OCH3 is 2. The van der Waals surface area contributed by atoms with Gasteiger partial charge in [-0.25, -0.2) is 0 Å². The maximum atomic E-state index is 12.5. The fraction of sp³-hybridized carbons (Fsp3) is 0.348. The van der Waals surface area contributed by atoms with Crippen LogP contribution in [-0.4, -0.2) is 49.9 Å². The van der Waals surface area contributed by atoms with Crippen molar-refractivity contribution in [3.8, 4) is 11.5 Å². The Morgan fingerprint density at radius 2 is 1.77 bits per heavy atom. The van der Waals surface area contributed by atoms with E-state index in [9.17, 15) is 14.4 Å². The number of likely N-dealkylation sites (tertiary alicyclic amines) is 1. The number of esters is 1. The number of ether oxygens (including phenoxy) is 3. The molecule has 2 atom stereocenters. The summed E-state index contributed by atoms with van der Waals surface area (Å²) in [6.07, 6.45) is 0.0839. The number of nitrogens with zero attached hydrogens (tertiary/aromatic N) is 1. The molecule has 0 radical (unpaired) electrons. The summed E-state index contributed by atoms with van der Waals surface area (Å²) in [6, 6.07) is 14.2. The van der Waals surface area contributed by atoms with Crippen LogP contribution in [0.4, 0.5) is 0 Å².